The van der Waals surface area contributed by atoms with Gasteiger partial charge in [-0.15, -0.1) is 0 Å². The van der Waals surface area contributed by atoms with E-state index in [1.165, 1.54) is 12.3 Å². The molecule has 0 spiro atoms. The van der Waals surface area contributed by atoms with Gasteiger partial charge in [0.2, 0.25) is 5.88 Å². The van der Waals surface area contributed by atoms with E-state index in [2.05, 4.69) is 4.98 Å². The van der Waals surface area contributed by atoms with Crippen LogP contribution in [0.4, 0.5) is 8.78 Å². The second-order valence-electron chi connectivity index (χ2n) is 11.3. The van der Waals surface area contributed by atoms with Gasteiger partial charge in [0.25, 0.3) is 0 Å². The number of aromatic nitrogens is 1. The van der Waals surface area contributed by atoms with Crippen molar-refractivity contribution >= 4 is 15.8 Å². The Kier molecular flexibility index (Phi) is 6.36. The average molecular weight is 570 g/mol. The van der Waals surface area contributed by atoms with Crippen molar-refractivity contribution in [2.24, 2.45) is 11.8 Å². The van der Waals surface area contributed by atoms with Crippen molar-refractivity contribution in [1.82, 2.24) is 4.98 Å². The molecule has 0 bridgehead atoms. The minimum absolute atomic E-state index is 0.00698. The minimum Gasteiger partial charge on any atom is -0.490 e. The molecule has 0 saturated heterocycles. The van der Waals surface area contributed by atoms with Crippen molar-refractivity contribution in [3.8, 4) is 22.8 Å². The highest BCUT2D eigenvalue weighted by Gasteiger charge is 2.60. The maximum Gasteiger partial charge on any atom is 0.307 e. The van der Waals surface area contributed by atoms with Crippen LogP contribution in [0.2, 0.25) is 0 Å². The van der Waals surface area contributed by atoms with Crippen LogP contribution in [-0.4, -0.2) is 42.1 Å². The Morgan fingerprint density at radius 3 is 2.42 bits per heavy atom. The number of aryl methyl sites for hydroxylation is 2. The number of carboxylic acids is 1. The first kappa shape index (κ1) is 26.7. The highest BCUT2D eigenvalue weighted by atomic mass is 32.2. The van der Waals surface area contributed by atoms with Crippen LogP contribution in [0.5, 0.6) is 11.6 Å². The largest absolute Gasteiger partial charge is 0.490 e. The van der Waals surface area contributed by atoms with Gasteiger partial charge in [-0.3, -0.25) is 4.79 Å². The van der Waals surface area contributed by atoms with Gasteiger partial charge < -0.3 is 14.6 Å². The van der Waals surface area contributed by atoms with E-state index < -0.39 is 27.4 Å². The van der Waals surface area contributed by atoms with Crippen molar-refractivity contribution in [2.45, 2.75) is 57.0 Å². The van der Waals surface area contributed by atoms with Crippen LogP contribution < -0.4 is 9.47 Å². The van der Waals surface area contributed by atoms with Crippen LogP contribution >= 0.6 is 0 Å². The molecule has 40 heavy (non-hydrogen) atoms. The standard InChI is InChI=1S/C30H29F2NO6S/c1-14-4-18(39-19-9-20(10-19)40(3,36)37)5-15(2)27(14)21-7-17(24(31)11-25(21)32)13-38-26-8-16-6-22-28(23(16)12-33-26)29(22)30(34)35/h4-5,7-8,11-12,19-20,22,28-29H,6,9-10,13H2,1-3H3,(H,34,35). The third-order valence-corrected chi connectivity index (χ3v) is 10.1. The molecule has 3 atom stereocenters. The van der Waals surface area contributed by atoms with Gasteiger partial charge in [-0.25, -0.2) is 22.2 Å². The Bertz CT molecular complexity index is 1630. The summed E-state index contributed by atoms with van der Waals surface area (Å²) < 4.78 is 64.9. The number of aliphatic carboxylic acids is 1. The Morgan fingerprint density at radius 1 is 1.07 bits per heavy atom. The van der Waals surface area contributed by atoms with E-state index in [9.17, 15) is 22.7 Å². The smallest absolute Gasteiger partial charge is 0.307 e. The molecular weight excluding hydrogens is 540 g/mol. The molecule has 1 N–H and O–H groups in total. The zero-order chi connectivity index (χ0) is 28.5. The lowest BCUT2D eigenvalue weighted by atomic mass is 9.93. The number of ether oxygens (including phenoxy) is 2. The molecule has 3 unspecified atom stereocenters. The van der Waals surface area contributed by atoms with Gasteiger partial charge in [-0.2, -0.15) is 0 Å². The first-order chi connectivity index (χ1) is 18.9. The third kappa shape index (κ3) is 4.72. The monoisotopic (exact) mass is 569 g/mol. The quantitative estimate of drug-likeness (QED) is 0.400. The minimum atomic E-state index is -3.08. The summed E-state index contributed by atoms with van der Waals surface area (Å²) in [6.07, 6.45) is 4.23. The summed E-state index contributed by atoms with van der Waals surface area (Å²) in [7, 11) is -3.08. The van der Waals surface area contributed by atoms with Gasteiger partial charge >= 0.3 is 5.97 Å². The molecule has 7 nitrogen and oxygen atoms in total. The lowest BCUT2D eigenvalue weighted by Gasteiger charge is -2.34. The number of halogens is 2. The predicted molar refractivity (Wildman–Crippen MR) is 143 cm³/mol. The van der Waals surface area contributed by atoms with Crippen molar-refractivity contribution in [1.29, 1.82) is 0 Å². The first-order valence-corrected chi connectivity index (χ1v) is 15.2. The van der Waals surface area contributed by atoms with E-state index in [4.69, 9.17) is 9.47 Å². The summed E-state index contributed by atoms with van der Waals surface area (Å²) in [5.74, 6) is -1.55. The average Bonchev–Trinajstić information content (AvgIpc) is 3.43. The molecule has 0 aliphatic heterocycles. The molecule has 1 heterocycles. The summed E-state index contributed by atoms with van der Waals surface area (Å²) in [6, 6.07) is 7.64. The molecule has 2 aromatic carbocycles. The van der Waals surface area contributed by atoms with Crippen molar-refractivity contribution < 1.29 is 36.6 Å². The van der Waals surface area contributed by atoms with Gasteiger partial charge in [0.15, 0.2) is 9.84 Å². The second-order valence-corrected chi connectivity index (χ2v) is 13.6. The third-order valence-electron chi connectivity index (χ3n) is 8.51. The fourth-order valence-corrected chi connectivity index (χ4v) is 7.43. The molecule has 0 amide bonds. The van der Waals surface area contributed by atoms with Crippen LogP contribution in [0, 0.1) is 37.3 Å². The molecule has 1 aromatic heterocycles. The summed E-state index contributed by atoms with van der Waals surface area (Å²) in [4.78, 5) is 15.6. The normalized spacial score (nSPS) is 24.6. The lowest BCUT2D eigenvalue weighted by Crippen LogP contribution is -2.42. The summed E-state index contributed by atoms with van der Waals surface area (Å²) >= 11 is 0. The fraction of sp³-hybridized carbons (Fsp3) is 0.400. The maximum absolute atomic E-state index is 15.0. The van der Waals surface area contributed by atoms with E-state index in [-0.39, 0.29) is 46.8 Å². The van der Waals surface area contributed by atoms with Gasteiger partial charge in [-0.1, -0.05) is 0 Å². The van der Waals surface area contributed by atoms with Crippen molar-refractivity contribution in [3.05, 3.63) is 76.0 Å². The summed E-state index contributed by atoms with van der Waals surface area (Å²) in [5.41, 5.74) is 4.45. The highest BCUT2D eigenvalue weighted by Crippen LogP contribution is 2.61. The number of fused-ring (bicyclic) bond motifs is 3. The van der Waals surface area contributed by atoms with Crippen molar-refractivity contribution in [2.75, 3.05) is 6.26 Å². The zero-order valence-corrected chi connectivity index (χ0v) is 23.1. The Hall–Kier alpha value is -3.53. The number of nitrogens with zero attached hydrogens (tertiary/aromatic N) is 1. The number of sulfone groups is 1. The number of rotatable bonds is 8. The van der Waals surface area contributed by atoms with Gasteiger partial charge in [0, 0.05) is 54.5 Å². The first-order valence-electron chi connectivity index (χ1n) is 13.2. The number of hydrogen-bond donors (Lipinski definition) is 1. The number of pyridine rings is 1. The van der Waals surface area contributed by atoms with Gasteiger partial charge in [-0.05, 0) is 72.2 Å². The molecule has 2 saturated carbocycles. The number of benzene rings is 2. The summed E-state index contributed by atoms with van der Waals surface area (Å²) in [6.45, 7) is 3.49. The molecule has 10 heteroatoms. The van der Waals surface area contributed by atoms with E-state index in [0.29, 0.717) is 36.5 Å². The number of hydrogen-bond acceptors (Lipinski definition) is 6. The predicted octanol–water partition coefficient (Wildman–Crippen LogP) is 5.15. The SMILES string of the molecule is Cc1cc(OC2CC(S(C)(=O)=O)C2)cc(C)c1-c1cc(COc2cc3c(cn2)C2C(C3)C2C(=O)O)c(F)cc1F. The molecule has 2 fully saturated rings. The molecule has 0 radical (unpaired) electrons. The molecule has 210 valence electrons. The maximum atomic E-state index is 15.0. The molecule has 3 aliphatic carbocycles. The van der Waals surface area contributed by atoms with Crippen LogP contribution in [0.1, 0.15) is 46.6 Å². The second kappa shape index (κ2) is 9.54. The Balaban J connectivity index is 1.18. The van der Waals surface area contributed by atoms with E-state index in [1.54, 1.807) is 24.4 Å². The highest BCUT2D eigenvalue weighted by molar-refractivity contribution is 7.91. The lowest BCUT2D eigenvalue weighted by molar-refractivity contribution is -0.139. The van der Waals surface area contributed by atoms with Crippen LogP contribution in [0.25, 0.3) is 11.1 Å². The molecular formula is C30H29F2NO6S. The van der Waals surface area contributed by atoms with E-state index in [1.807, 2.05) is 13.8 Å². The molecule has 3 aromatic rings. The van der Waals surface area contributed by atoms with Gasteiger partial charge in [0.05, 0.1) is 11.2 Å². The zero-order valence-electron chi connectivity index (χ0n) is 22.3. The molecule has 6 rings (SSSR count). The van der Waals surface area contributed by atoms with Crippen LogP contribution in [0.15, 0.2) is 36.5 Å². The number of carbonyl (C=O) groups is 1. The Morgan fingerprint density at radius 2 is 1.77 bits per heavy atom. The van der Waals surface area contributed by atoms with Crippen LogP contribution in [-0.2, 0) is 27.7 Å². The summed E-state index contributed by atoms with van der Waals surface area (Å²) in [5, 5.41) is 8.92. The van der Waals surface area contributed by atoms with Crippen molar-refractivity contribution in [3.63, 3.8) is 0 Å². The fourth-order valence-electron chi connectivity index (χ4n) is 6.30. The topological polar surface area (TPSA) is 103 Å². The van der Waals surface area contributed by atoms with E-state index >= 15 is 4.39 Å². The van der Waals surface area contributed by atoms with E-state index in [0.717, 1.165) is 28.3 Å². The number of carboxylic acid groups (broad SMARTS) is 1. The van der Waals surface area contributed by atoms with Gasteiger partial charge in [0.1, 0.15) is 30.1 Å². The Labute approximate surface area is 231 Å². The molecule has 3 aliphatic rings. The van der Waals surface area contributed by atoms with Crippen LogP contribution in [0.3, 0.4) is 0 Å².